The minimum Gasteiger partial charge on any atom is -0.481 e. The lowest BCUT2D eigenvalue weighted by atomic mass is 9.95. The first-order valence-corrected chi connectivity index (χ1v) is 4.96. The lowest BCUT2D eigenvalue weighted by Crippen LogP contribution is -2.27. The molecule has 2 rings (SSSR count). The van der Waals surface area contributed by atoms with Gasteiger partial charge in [-0.05, 0) is 37.0 Å². The van der Waals surface area contributed by atoms with Crippen LogP contribution < -0.4 is 5.73 Å². The number of carboxylic acids is 1. The summed E-state index contributed by atoms with van der Waals surface area (Å²) >= 11 is 0. The van der Waals surface area contributed by atoms with E-state index < -0.39 is 11.4 Å². The highest BCUT2D eigenvalue weighted by Gasteiger charge is 2.61. The maximum absolute atomic E-state index is 11.0. The molecule has 2 unspecified atom stereocenters. The third-order valence-electron chi connectivity index (χ3n) is 3.86. The Kier molecular flexibility index (Phi) is 1.71. The van der Waals surface area contributed by atoms with Crippen molar-refractivity contribution in [3.63, 3.8) is 0 Å². The van der Waals surface area contributed by atoms with Crippen LogP contribution in [0.2, 0.25) is 0 Å². The van der Waals surface area contributed by atoms with Gasteiger partial charge in [-0.2, -0.15) is 0 Å². The van der Waals surface area contributed by atoms with E-state index in [0.29, 0.717) is 17.9 Å². The second-order valence-electron chi connectivity index (χ2n) is 5.08. The van der Waals surface area contributed by atoms with Gasteiger partial charge in [0.1, 0.15) is 0 Å². The Labute approximate surface area is 78.3 Å². The van der Waals surface area contributed by atoms with Gasteiger partial charge in [0.2, 0.25) is 0 Å². The lowest BCUT2D eigenvalue weighted by molar-refractivity contribution is -0.143. The first kappa shape index (κ1) is 9.00. The number of carboxylic acid groups (broad SMARTS) is 1. The zero-order valence-electron chi connectivity index (χ0n) is 8.05. The zero-order chi connectivity index (χ0) is 9.69. The van der Waals surface area contributed by atoms with Crippen molar-refractivity contribution >= 4 is 5.97 Å². The van der Waals surface area contributed by atoms with Gasteiger partial charge in [-0.25, -0.2) is 0 Å². The predicted molar refractivity (Wildman–Crippen MR) is 49.2 cm³/mol. The normalized spacial score (nSPS) is 40.0. The molecule has 0 bridgehead atoms. The van der Waals surface area contributed by atoms with Crippen molar-refractivity contribution in [3.8, 4) is 0 Å². The molecule has 74 valence electrons. The van der Waals surface area contributed by atoms with Gasteiger partial charge in [0.15, 0.2) is 0 Å². The summed E-state index contributed by atoms with van der Waals surface area (Å²) in [5, 5.41) is 9.01. The molecule has 0 saturated heterocycles. The predicted octanol–water partition coefficient (Wildman–Crippen LogP) is 1.23. The molecule has 0 amide bonds. The van der Waals surface area contributed by atoms with E-state index in [1.165, 1.54) is 12.8 Å². The fourth-order valence-electron chi connectivity index (χ4n) is 2.26. The van der Waals surface area contributed by atoms with E-state index in [9.17, 15) is 4.79 Å². The van der Waals surface area contributed by atoms with Crippen LogP contribution in [0.5, 0.6) is 0 Å². The van der Waals surface area contributed by atoms with Gasteiger partial charge in [-0.3, -0.25) is 4.79 Å². The smallest absolute Gasteiger partial charge is 0.311 e. The van der Waals surface area contributed by atoms with Crippen LogP contribution >= 0.6 is 0 Å². The van der Waals surface area contributed by atoms with Gasteiger partial charge in [0.25, 0.3) is 0 Å². The second kappa shape index (κ2) is 2.47. The first-order chi connectivity index (χ1) is 6.02. The van der Waals surface area contributed by atoms with Crippen molar-refractivity contribution in [2.75, 3.05) is 6.54 Å². The molecule has 2 aliphatic rings. The van der Waals surface area contributed by atoms with Gasteiger partial charge in [-0.1, -0.05) is 6.92 Å². The first-order valence-electron chi connectivity index (χ1n) is 4.96. The SMILES string of the molecule is CC1(CC2CC2(CN)C(=O)O)CC1. The van der Waals surface area contributed by atoms with Crippen LogP contribution in [0.3, 0.4) is 0 Å². The van der Waals surface area contributed by atoms with Gasteiger partial charge in [0.05, 0.1) is 5.41 Å². The third-order valence-corrected chi connectivity index (χ3v) is 3.86. The average Bonchev–Trinajstić information content (AvgIpc) is 2.92. The number of hydrogen-bond acceptors (Lipinski definition) is 2. The molecule has 2 saturated carbocycles. The van der Waals surface area contributed by atoms with Crippen LogP contribution in [-0.2, 0) is 4.79 Å². The Balaban J connectivity index is 1.95. The topological polar surface area (TPSA) is 63.3 Å². The standard InChI is InChI=1S/C10H17NO2/c1-9(2-3-9)4-7-5-10(7,6-11)8(12)13/h7H,2-6,11H2,1H3,(H,12,13). The molecule has 13 heavy (non-hydrogen) atoms. The van der Waals surface area contributed by atoms with E-state index in [-0.39, 0.29) is 0 Å². The fraction of sp³-hybridized carbons (Fsp3) is 0.900. The van der Waals surface area contributed by atoms with Crippen LogP contribution in [0.4, 0.5) is 0 Å². The molecule has 0 aromatic heterocycles. The van der Waals surface area contributed by atoms with E-state index in [2.05, 4.69) is 6.92 Å². The van der Waals surface area contributed by atoms with Crippen molar-refractivity contribution in [1.82, 2.24) is 0 Å². The summed E-state index contributed by atoms with van der Waals surface area (Å²) in [5.41, 5.74) is 5.42. The zero-order valence-corrected chi connectivity index (χ0v) is 8.05. The van der Waals surface area contributed by atoms with E-state index in [0.717, 1.165) is 12.8 Å². The summed E-state index contributed by atoms with van der Waals surface area (Å²) in [5.74, 6) is -0.341. The Morgan fingerprint density at radius 1 is 1.62 bits per heavy atom. The van der Waals surface area contributed by atoms with Crippen LogP contribution in [0.25, 0.3) is 0 Å². The molecular formula is C10H17NO2. The summed E-state index contributed by atoms with van der Waals surface area (Å²) in [6.07, 6.45) is 4.40. The summed E-state index contributed by atoms with van der Waals surface area (Å²) in [6.45, 7) is 2.55. The number of nitrogens with two attached hydrogens (primary N) is 1. The van der Waals surface area contributed by atoms with E-state index in [1.807, 2.05) is 0 Å². The molecule has 2 atom stereocenters. The molecule has 2 aliphatic carbocycles. The number of carbonyl (C=O) groups is 1. The Morgan fingerprint density at radius 2 is 2.23 bits per heavy atom. The minimum atomic E-state index is -0.691. The second-order valence-corrected chi connectivity index (χ2v) is 5.08. The fourth-order valence-corrected chi connectivity index (χ4v) is 2.26. The third kappa shape index (κ3) is 1.35. The number of hydrogen-bond donors (Lipinski definition) is 2. The molecule has 0 spiro atoms. The van der Waals surface area contributed by atoms with Gasteiger partial charge in [-0.15, -0.1) is 0 Å². The lowest BCUT2D eigenvalue weighted by Gasteiger charge is -2.11. The van der Waals surface area contributed by atoms with Crippen LogP contribution in [0, 0.1) is 16.7 Å². The molecule has 0 aromatic rings. The van der Waals surface area contributed by atoms with Crippen molar-refractivity contribution < 1.29 is 9.90 Å². The number of aliphatic carboxylic acids is 1. The molecular weight excluding hydrogens is 166 g/mol. The quantitative estimate of drug-likeness (QED) is 0.689. The van der Waals surface area contributed by atoms with Gasteiger partial charge in [0, 0.05) is 6.54 Å². The van der Waals surface area contributed by atoms with Crippen LogP contribution in [0.15, 0.2) is 0 Å². The largest absolute Gasteiger partial charge is 0.481 e. The molecule has 0 heterocycles. The highest BCUT2D eigenvalue weighted by atomic mass is 16.4. The van der Waals surface area contributed by atoms with E-state index >= 15 is 0 Å². The minimum absolute atomic E-state index is 0.309. The summed E-state index contributed by atoms with van der Waals surface area (Å²) in [6, 6.07) is 0. The molecule has 0 radical (unpaired) electrons. The highest BCUT2D eigenvalue weighted by Crippen LogP contribution is 2.62. The Hall–Kier alpha value is -0.570. The highest BCUT2D eigenvalue weighted by molar-refractivity contribution is 5.79. The molecule has 2 fully saturated rings. The monoisotopic (exact) mass is 183 g/mol. The molecule has 3 nitrogen and oxygen atoms in total. The van der Waals surface area contributed by atoms with Crippen molar-refractivity contribution in [2.45, 2.75) is 32.6 Å². The molecule has 3 N–H and O–H groups in total. The van der Waals surface area contributed by atoms with E-state index in [1.54, 1.807) is 0 Å². The molecule has 0 aromatic carbocycles. The van der Waals surface area contributed by atoms with Crippen molar-refractivity contribution in [1.29, 1.82) is 0 Å². The van der Waals surface area contributed by atoms with Crippen LogP contribution in [0.1, 0.15) is 32.6 Å². The summed E-state index contributed by atoms with van der Waals surface area (Å²) in [4.78, 5) is 11.0. The maximum atomic E-state index is 11.0. The molecule has 3 heteroatoms. The van der Waals surface area contributed by atoms with E-state index in [4.69, 9.17) is 10.8 Å². The van der Waals surface area contributed by atoms with Crippen molar-refractivity contribution in [3.05, 3.63) is 0 Å². The van der Waals surface area contributed by atoms with Crippen LogP contribution in [-0.4, -0.2) is 17.6 Å². The van der Waals surface area contributed by atoms with Crippen molar-refractivity contribution in [2.24, 2.45) is 22.5 Å². The Morgan fingerprint density at radius 3 is 2.54 bits per heavy atom. The van der Waals surface area contributed by atoms with Gasteiger partial charge >= 0.3 is 5.97 Å². The maximum Gasteiger partial charge on any atom is 0.311 e. The van der Waals surface area contributed by atoms with Gasteiger partial charge < -0.3 is 10.8 Å². The number of rotatable bonds is 4. The average molecular weight is 183 g/mol. The Bertz CT molecular complexity index is 247. The summed E-state index contributed by atoms with van der Waals surface area (Å²) in [7, 11) is 0. The molecule has 0 aliphatic heterocycles. The summed E-state index contributed by atoms with van der Waals surface area (Å²) < 4.78 is 0.